The Labute approximate surface area is 182 Å². The maximum absolute atomic E-state index is 13.1. The van der Waals surface area contributed by atoms with Crippen LogP contribution >= 0.6 is 15.9 Å². The van der Waals surface area contributed by atoms with Crippen molar-refractivity contribution in [2.24, 2.45) is 5.10 Å². The molecule has 0 atom stereocenters. The van der Waals surface area contributed by atoms with Crippen molar-refractivity contribution in [2.75, 3.05) is 13.7 Å². The van der Waals surface area contributed by atoms with Gasteiger partial charge in [0.2, 0.25) is 0 Å². The number of benzene rings is 2. The standard InChI is InChI=1S/C22H21BrN4O3/c1-3-4-5-21-26-18-8-7-16(23)13-17(18)22(28)27(21)25-14-15-6-9-19(30-11-10-24)20(12-15)29-2/h6-9,12-14H,3-5,11H2,1-2H3. The Kier molecular flexibility index (Phi) is 7.20. The van der Waals surface area contributed by atoms with Crippen molar-refractivity contribution in [3.05, 3.63) is 62.6 Å². The SMILES string of the molecule is CCCCc1nc2ccc(Br)cc2c(=O)n1N=Cc1ccc(OCC#N)c(OC)c1. The Balaban J connectivity index is 2.03. The fourth-order valence-electron chi connectivity index (χ4n) is 2.93. The van der Waals surface area contributed by atoms with Gasteiger partial charge in [0.1, 0.15) is 11.9 Å². The van der Waals surface area contributed by atoms with Gasteiger partial charge in [-0.3, -0.25) is 4.79 Å². The average molecular weight is 469 g/mol. The summed E-state index contributed by atoms with van der Waals surface area (Å²) in [4.78, 5) is 17.8. The number of halogens is 1. The van der Waals surface area contributed by atoms with E-state index < -0.39 is 0 Å². The molecule has 0 fully saturated rings. The number of aryl methyl sites for hydroxylation is 1. The van der Waals surface area contributed by atoms with Crippen LogP contribution in [-0.4, -0.2) is 29.6 Å². The average Bonchev–Trinajstić information content (AvgIpc) is 2.76. The van der Waals surface area contributed by atoms with Crippen LogP contribution in [0.25, 0.3) is 10.9 Å². The van der Waals surface area contributed by atoms with Crippen molar-refractivity contribution in [3.8, 4) is 17.6 Å². The van der Waals surface area contributed by atoms with Crippen LogP contribution in [0, 0.1) is 11.3 Å². The number of fused-ring (bicyclic) bond motifs is 1. The second-order valence-corrected chi connectivity index (χ2v) is 7.43. The minimum absolute atomic E-state index is 0.0711. The molecule has 7 nitrogen and oxygen atoms in total. The zero-order valence-electron chi connectivity index (χ0n) is 16.8. The summed E-state index contributed by atoms with van der Waals surface area (Å²) in [5.41, 5.74) is 1.16. The molecule has 0 aliphatic carbocycles. The van der Waals surface area contributed by atoms with E-state index in [1.54, 1.807) is 30.5 Å². The third-order valence-electron chi connectivity index (χ3n) is 4.43. The Morgan fingerprint density at radius 3 is 2.83 bits per heavy atom. The number of nitriles is 1. The highest BCUT2D eigenvalue weighted by molar-refractivity contribution is 9.10. The zero-order valence-corrected chi connectivity index (χ0v) is 18.3. The van der Waals surface area contributed by atoms with Crippen LogP contribution in [0.3, 0.4) is 0 Å². The number of methoxy groups -OCH3 is 1. The third kappa shape index (κ3) is 4.86. The topological polar surface area (TPSA) is 89.5 Å². The second-order valence-electron chi connectivity index (χ2n) is 6.51. The lowest BCUT2D eigenvalue weighted by Crippen LogP contribution is -2.22. The van der Waals surface area contributed by atoms with E-state index in [0.717, 1.165) is 22.9 Å². The quantitative estimate of drug-likeness (QED) is 0.459. The minimum atomic E-state index is -0.218. The molecule has 0 saturated carbocycles. The molecule has 8 heteroatoms. The molecule has 3 aromatic rings. The van der Waals surface area contributed by atoms with E-state index in [4.69, 9.17) is 14.7 Å². The molecule has 0 aliphatic heterocycles. The van der Waals surface area contributed by atoms with Crippen molar-refractivity contribution < 1.29 is 9.47 Å². The van der Waals surface area contributed by atoms with Crippen molar-refractivity contribution >= 4 is 33.0 Å². The largest absolute Gasteiger partial charge is 0.493 e. The Morgan fingerprint density at radius 1 is 1.27 bits per heavy atom. The van der Waals surface area contributed by atoms with Gasteiger partial charge in [-0.05, 0) is 48.4 Å². The second kappa shape index (κ2) is 10.0. The number of ether oxygens (including phenoxy) is 2. The number of hydrogen-bond acceptors (Lipinski definition) is 6. The van der Waals surface area contributed by atoms with Crippen LogP contribution < -0.4 is 15.0 Å². The van der Waals surface area contributed by atoms with Gasteiger partial charge in [-0.25, -0.2) is 4.98 Å². The summed E-state index contributed by atoms with van der Waals surface area (Å²) in [6, 6.07) is 12.6. The molecule has 3 rings (SSSR count). The van der Waals surface area contributed by atoms with Crippen molar-refractivity contribution in [1.29, 1.82) is 5.26 Å². The monoisotopic (exact) mass is 468 g/mol. The predicted molar refractivity (Wildman–Crippen MR) is 119 cm³/mol. The summed E-state index contributed by atoms with van der Waals surface area (Å²) < 4.78 is 12.8. The molecule has 30 heavy (non-hydrogen) atoms. The number of aromatic nitrogens is 2. The molecule has 0 aliphatic rings. The molecular weight excluding hydrogens is 448 g/mol. The number of nitrogens with zero attached hydrogens (tertiary/aromatic N) is 4. The maximum atomic E-state index is 13.1. The predicted octanol–water partition coefficient (Wildman–Crippen LogP) is 4.29. The third-order valence-corrected chi connectivity index (χ3v) is 4.92. The van der Waals surface area contributed by atoms with E-state index in [2.05, 4.69) is 32.9 Å². The fraction of sp³-hybridized carbons (Fsp3) is 0.273. The van der Waals surface area contributed by atoms with E-state index in [9.17, 15) is 4.79 Å². The lowest BCUT2D eigenvalue weighted by Gasteiger charge is -2.10. The molecule has 154 valence electrons. The lowest BCUT2D eigenvalue weighted by molar-refractivity contribution is 0.329. The summed E-state index contributed by atoms with van der Waals surface area (Å²) in [6.45, 7) is 2.02. The van der Waals surface area contributed by atoms with Crippen LogP contribution in [0.2, 0.25) is 0 Å². The van der Waals surface area contributed by atoms with Crippen molar-refractivity contribution in [1.82, 2.24) is 9.66 Å². The Morgan fingerprint density at radius 2 is 2.10 bits per heavy atom. The van der Waals surface area contributed by atoms with E-state index >= 15 is 0 Å². The summed E-state index contributed by atoms with van der Waals surface area (Å²) in [6.07, 6.45) is 4.13. The summed E-state index contributed by atoms with van der Waals surface area (Å²) in [5, 5.41) is 13.6. The van der Waals surface area contributed by atoms with E-state index in [0.29, 0.717) is 34.6 Å². The van der Waals surface area contributed by atoms with Gasteiger partial charge in [0.05, 0.1) is 24.2 Å². The normalized spacial score (nSPS) is 11.0. The highest BCUT2D eigenvalue weighted by Gasteiger charge is 2.11. The van der Waals surface area contributed by atoms with Gasteiger partial charge >= 0.3 is 0 Å². The molecular formula is C22H21BrN4O3. The highest BCUT2D eigenvalue weighted by atomic mass is 79.9. The van der Waals surface area contributed by atoms with Crippen LogP contribution in [0.4, 0.5) is 0 Å². The lowest BCUT2D eigenvalue weighted by atomic mass is 10.2. The van der Waals surface area contributed by atoms with Crippen LogP contribution in [0.15, 0.2) is 50.8 Å². The maximum Gasteiger partial charge on any atom is 0.282 e. The van der Waals surface area contributed by atoms with E-state index in [1.807, 2.05) is 18.2 Å². The number of unbranched alkanes of at least 4 members (excludes halogenated alkanes) is 1. The molecule has 0 saturated heterocycles. The minimum Gasteiger partial charge on any atom is -0.493 e. The van der Waals surface area contributed by atoms with Gasteiger partial charge in [-0.1, -0.05) is 29.3 Å². The fourth-order valence-corrected chi connectivity index (χ4v) is 3.29. The molecule has 1 aromatic heterocycles. The first-order valence-corrected chi connectivity index (χ1v) is 10.3. The first kappa shape index (κ1) is 21.5. The Hall–Kier alpha value is -3.18. The first-order chi connectivity index (χ1) is 14.6. The van der Waals surface area contributed by atoms with Crippen molar-refractivity contribution in [3.63, 3.8) is 0 Å². The summed E-state index contributed by atoms with van der Waals surface area (Å²) in [7, 11) is 1.52. The molecule has 2 aromatic carbocycles. The number of rotatable bonds is 8. The highest BCUT2D eigenvalue weighted by Crippen LogP contribution is 2.27. The van der Waals surface area contributed by atoms with E-state index in [-0.39, 0.29) is 12.2 Å². The van der Waals surface area contributed by atoms with Gasteiger partial charge in [0, 0.05) is 10.9 Å². The van der Waals surface area contributed by atoms with Gasteiger partial charge in [-0.2, -0.15) is 15.0 Å². The molecule has 0 unspecified atom stereocenters. The van der Waals surface area contributed by atoms with Crippen LogP contribution in [0.5, 0.6) is 11.5 Å². The van der Waals surface area contributed by atoms with Crippen molar-refractivity contribution in [2.45, 2.75) is 26.2 Å². The molecule has 0 bridgehead atoms. The Bertz CT molecular complexity index is 1180. The van der Waals surface area contributed by atoms with Gasteiger partial charge in [-0.15, -0.1) is 0 Å². The first-order valence-electron chi connectivity index (χ1n) is 9.50. The molecule has 0 amide bonds. The smallest absolute Gasteiger partial charge is 0.282 e. The van der Waals surface area contributed by atoms with Crippen LogP contribution in [-0.2, 0) is 6.42 Å². The molecule has 0 spiro atoms. The van der Waals surface area contributed by atoms with Gasteiger partial charge in [0.15, 0.2) is 18.1 Å². The molecule has 1 heterocycles. The van der Waals surface area contributed by atoms with Gasteiger partial charge < -0.3 is 9.47 Å². The molecule has 0 radical (unpaired) electrons. The summed E-state index contributed by atoms with van der Waals surface area (Å²) in [5.74, 6) is 1.57. The van der Waals surface area contributed by atoms with Gasteiger partial charge in [0.25, 0.3) is 5.56 Å². The van der Waals surface area contributed by atoms with E-state index in [1.165, 1.54) is 11.8 Å². The number of hydrogen-bond donors (Lipinski definition) is 0. The summed E-state index contributed by atoms with van der Waals surface area (Å²) >= 11 is 3.41. The van der Waals surface area contributed by atoms with Crippen LogP contribution in [0.1, 0.15) is 31.2 Å². The molecule has 0 N–H and O–H groups in total. The zero-order chi connectivity index (χ0) is 21.5.